The van der Waals surface area contributed by atoms with Crippen molar-refractivity contribution in [3.8, 4) is 28.7 Å². The molecule has 3 rings (SSSR count). The third kappa shape index (κ3) is 5.29. The van der Waals surface area contributed by atoms with Gasteiger partial charge in [-0.15, -0.1) is 0 Å². The van der Waals surface area contributed by atoms with Crippen LogP contribution in [0.2, 0.25) is 0 Å². The Morgan fingerprint density at radius 1 is 0.853 bits per heavy atom. The summed E-state index contributed by atoms with van der Waals surface area (Å²) in [5, 5.41) is 10.3. The van der Waals surface area contributed by atoms with E-state index < -0.39 is 10.0 Å². The number of aromatic hydroxyl groups is 1. The van der Waals surface area contributed by atoms with E-state index in [0.717, 1.165) is 0 Å². The van der Waals surface area contributed by atoms with E-state index in [4.69, 9.17) is 24.7 Å². The van der Waals surface area contributed by atoms with Crippen molar-refractivity contribution in [1.82, 2.24) is 0 Å². The molecule has 0 amide bonds. The van der Waals surface area contributed by atoms with E-state index in [1.165, 1.54) is 52.7 Å². The maximum atomic E-state index is 13.0. The van der Waals surface area contributed by atoms with Crippen molar-refractivity contribution in [1.29, 1.82) is 0 Å². The molecule has 180 valence electrons. The van der Waals surface area contributed by atoms with E-state index in [9.17, 15) is 13.5 Å². The molecule has 0 saturated heterocycles. The molecule has 3 aromatic rings. The number of anilines is 2. The lowest BCUT2D eigenvalue weighted by molar-refractivity contribution is 0.324. The average Bonchev–Trinajstić information content (AvgIpc) is 2.82. The van der Waals surface area contributed by atoms with Gasteiger partial charge in [0.05, 0.1) is 39.0 Å². The van der Waals surface area contributed by atoms with Crippen molar-refractivity contribution in [2.75, 3.05) is 38.9 Å². The summed E-state index contributed by atoms with van der Waals surface area (Å²) >= 11 is 0. The van der Waals surface area contributed by atoms with Gasteiger partial charge < -0.3 is 29.8 Å². The third-order valence-electron chi connectivity index (χ3n) is 4.91. The molecule has 0 aliphatic heterocycles. The number of hydrogen-bond donors (Lipinski definition) is 3. The SMILES string of the molecule is COc1cc(NS(=O)(=O)c2cccc(N)c2)c(/C=C\c2cc(OC)c(OC)c(OC)c2)cc1O. The zero-order valence-electron chi connectivity index (χ0n) is 19.2. The summed E-state index contributed by atoms with van der Waals surface area (Å²) in [6.45, 7) is 0. The van der Waals surface area contributed by atoms with E-state index >= 15 is 0 Å². The molecule has 0 spiro atoms. The molecule has 0 saturated carbocycles. The third-order valence-corrected chi connectivity index (χ3v) is 6.27. The van der Waals surface area contributed by atoms with Gasteiger partial charge in [0, 0.05) is 17.3 Å². The summed E-state index contributed by atoms with van der Waals surface area (Å²) in [6.07, 6.45) is 3.35. The molecule has 0 unspecified atom stereocenters. The Morgan fingerprint density at radius 3 is 2.06 bits per heavy atom. The van der Waals surface area contributed by atoms with Crippen LogP contribution >= 0.6 is 0 Å². The second kappa shape index (κ2) is 10.3. The summed E-state index contributed by atoms with van der Waals surface area (Å²) in [5.74, 6) is 1.32. The number of nitrogens with one attached hydrogen (secondary N) is 1. The number of methoxy groups -OCH3 is 4. The van der Waals surface area contributed by atoms with Crippen LogP contribution in [0.3, 0.4) is 0 Å². The number of phenols is 1. The number of benzene rings is 3. The molecule has 34 heavy (non-hydrogen) atoms. The molecule has 0 aliphatic carbocycles. The second-order valence-electron chi connectivity index (χ2n) is 7.08. The summed E-state index contributed by atoms with van der Waals surface area (Å²) in [7, 11) is 1.93. The highest BCUT2D eigenvalue weighted by Crippen LogP contribution is 2.39. The van der Waals surface area contributed by atoms with Crippen LogP contribution in [-0.2, 0) is 10.0 Å². The van der Waals surface area contributed by atoms with Crippen molar-refractivity contribution in [3.05, 3.63) is 59.7 Å². The summed E-state index contributed by atoms with van der Waals surface area (Å²) in [5.41, 5.74) is 7.32. The van der Waals surface area contributed by atoms with Gasteiger partial charge in [-0.3, -0.25) is 4.72 Å². The number of nitrogen functional groups attached to an aromatic ring is 1. The number of sulfonamides is 1. The zero-order valence-corrected chi connectivity index (χ0v) is 20.0. The van der Waals surface area contributed by atoms with Crippen LogP contribution in [0.25, 0.3) is 12.2 Å². The molecular formula is C24H26N2O7S. The molecule has 3 aromatic carbocycles. The first-order chi connectivity index (χ1) is 16.2. The molecule has 0 atom stereocenters. The van der Waals surface area contributed by atoms with Crippen molar-refractivity contribution in [2.24, 2.45) is 0 Å². The molecule has 9 nitrogen and oxygen atoms in total. The number of ether oxygens (including phenoxy) is 4. The van der Waals surface area contributed by atoms with Crippen LogP contribution in [0.4, 0.5) is 11.4 Å². The Morgan fingerprint density at radius 2 is 1.50 bits per heavy atom. The Balaban J connectivity index is 2.06. The van der Waals surface area contributed by atoms with Gasteiger partial charge >= 0.3 is 0 Å². The van der Waals surface area contributed by atoms with Crippen LogP contribution in [0, 0.1) is 0 Å². The molecule has 10 heteroatoms. The van der Waals surface area contributed by atoms with E-state index in [0.29, 0.717) is 34.1 Å². The van der Waals surface area contributed by atoms with Gasteiger partial charge in [-0.1, -0.05) is 18.2 Å². The van der Waals surface area contributed by atoms with Gasteiger partial charge in [-0.2, -0.15) is 0 Å². The lowest BCUT2D eigenvalue weighted by atomic mass is 10.1. The quantitative estimate of drug-likeness (QED) is 0.235. The average molecular weight is 487 g/mol. The van der Waals surface area contributed by atoms with E-state index in [2.05, 4.69) is 4.72 Å². The van der Waals surface area contributed by atoms with E-state index in [-0.39, 0.29) is 22.1 Å². The Bertz CT molecular complexity index is 1300. The molecule has 0 bridgehead atoms. The maximum Gasteiger partial charge on any atom is 0.261 e. The Hall–Kier alpha value is -4.05. The minimum atomic E-state index is -3.97. The highest BCUT2D eigenvalue weighted by Gasteiger charge is 2.18. The maximum absolute atomic E-state index is 13.0. The molecule has 0 aliphatic rings. The lowest BCUT2D eigenvalue weighted by Gasteiger charge is -2.14. The smallest absolute Gasteiger partial charge is 0.261 e. The van der Waals surface area contributed by atoms with E-state index in [1.54, 1.807) is 36.4 Å². The first kappa shape index (κ1) is 24.6. The van der Waals surface area contributed by atoms with E-state index in [1.807, 2.05) is 0 Å². The molecule has 0 radical (unpaired) electrons. The lowest BCUT2D eigenvalue weighted by Crippen LogP contribution is -2.14. The van der Waals surface area contributed by atoms with Gasteiger partial charge in [0.2, 0.25) is 5.75 Å². The standard InChI is InChI=1S/C24H26N2O7S/c1-30-21-14-19(26-34(28,29)18-7-5-6-17(25)13-18)16(12-20(21)27)9-8-15-10-22(31-2)24(33-4)23(11-15)32-3/h5-14,26-27H,25H2,1-4H3/b9-8-. The number of phenolic OH excluding ortho intramolecular Hbond substituents is 1. The van der Waals surface area contributed by atoms with Crippen molar-refractivity contribution < 1.29 is 32.5 Å². The summed E-state index contributed by atoms with van der Waals surface area (Å²) in [4.78, 5) is -0.000835. The Labute approximate surface area is 198 Å². The molecule has 0 fully saturated rings. The fourth-order valence-corrected chi connectivity index (χ4v) is 4.38. The molecular weight excluding hydrogens is 460 g/mol. The minimum Gasteiger partial charge on any atom is -0.504 e. The zero-order chi connectivity index (χ0) is 24.9. The van der Waals surface area contributed by atoms with Gasteiger partial charge in [0.15, 0.2) is 23.0 Å². The fourth-order valence-electron chi connectivity index (χ4n) is 3.24. The Kier molecular flexibility index (Phi) is 7.42. The van der Waals surface area contributed by atoms with Gasteiger partial charge in [-0.25, -0.2) is 8.42 Å². The predicted octanol–water partition coefficient (Wildman–Crippen LogP) is 3.98. The molecule has 0 aromatic heterocycles. The number of nitrogens with two attached hydrogens (primary N) is 1. The van der Waals surface area contributed by atoms with Crippen LogP contribution in [0.15, 0.2) is 53.4 Å². The molecule has 0 heterocycles. The van der Waals surface area contributed by atoms with Gasteiger partial charge in [0.1, 0.15) is 0 Å². The van der Waals surface area contributed by atoms with Crippen LogP contribution in [0.1, 0.15) is 11.1 Å². The number of rotatable bonds is 9. The second-order valence-corrected chi connectivity index (χ2v) is 8.76. The highest BCUT2D eigenvalue weighted by atomic mass is 32.2. The number of hydrogen-bond acceptors (Lipinski definition) is 8. The molecule has 4 N–H and O–H groups in total. The summed E-state index contributed by atoms with van der Waals surface area (Å²) < 4.78 is 49.7. The first-order valence-corrected chi connectivity index (χ1v) is 11.5. The normalized spacial score (nSPS) is 11.3. The first-order valence-electron chi connectivity index (χ1n) is 9.99. The minimum absolute atomic E-state index is 0.000835. The van der Waals surface area contributed by atoms with Gasteiger partial charge in [0.25, 0.3) is 10.0 Å². The van der Waals surface area contributed by atoms with Crippen molar-refractivity contribution in [2.45, 2.75) is 4.90 Å². The largest absolute Gasteiger partial charge is 0.504 e. The monoisotopic (exact) mass is 486 g/mol. The summed E-state index contributed by atoms with van der Waals surface area (Å²) in [6, 6.07) is 12.2. The topological polar surface area (TPSA) is 129 Å². The predicted molar refractivity (Wildman–Crippen MR) is 131 cm³/mol. The van der Waals surface area contributed by atoms with Crippen LogP contribution in [-0.4, -0.2) is 42.0 Å². The van der Waals surface area contributed by atoms with Crippen molar-refractivity contribution >= 4 is 33.6 Å². The van der Waals surface area contributed by atoms with Crippen molar-refractivity contribution in [3.63, 3.8) is 0 Å². The van der Waals surface area contributed by atoms with Gasteiger partial charge in [-0.05, 0) is 42.0 Å². The van der Waals surface area contributed by atoms with Crippen LogP contribution < -0.4 is 29.4 Å². The fraction of sp³-hybridized carbons (Fsp3) is 0.167. The highest BCUT2D eigenvalue weighted by molar-refractivity contribution is 7.92. The van der Waals surface area contributed by atoms with Crippen LogP contribution in [0.5, 0.6) is 28.7 Å².